The van der Waals surface area contributed by atoms with Crippen molar-refractivity contribution < 1.29 is 18.8 Å². The lowest BCUT2D eigenvalue weighted by Crippen LogP contribution is -2.41. The fourth-order valence-electron chi connectivity index (χ4n) is 4.60. The highest BCUT2D eigenvalue weighted by molar-refractivity contribution is 7.18. The molecule has 4 aromatic rings. The number of thiophene rings is 1. The average Bonchev–Trinajstić information content (AvgIpc) is 3.27. The number of hydrogen-bond donors (Lipinski definition) is 1. The molecule has 1 aliphatic heterocycles. The normalized spacial score (nSPS) is 12.9. The summed E-state index contributed by atoms with van der Waals surface area (Å²) in [6.45, 7) is 3.08. The molecule has 2 amide bonds. The van der Waals surface area contributed by atoms with Crippen LogP contribution in [0.2, 0.25) is 0 Å². The van der Waals surface area contributed by atoms with Gasteiger partial charge in [0, 0.05) is 23.9 Å². The Hall–Kier alpha value is -4.38. The fourth-order valence-corrected chi connectivity index (χ4v) is 5.95. The largest absolute Gasteiger partial charge is 0.337 e. The third-order valence-electron chi connectivity index (χ3n) is 6.53. The maximum Gasteiger partial charge on any atom is 0.337 e. The van der Waals surface area contributed by atoms with E-state index in [-0.39, 0.29) is 23.1 Å². The Morgan fingerprint density at radius 2 is 1.82 bits per heavy atom. The van der Waals surface area contributed by atoms with Crippen LogP contribution in [0, 0.1) is 5.82 Å². The molecule has 0 bridgehead atoms. The van der Waals surface area contributed by atoms with Crippen LogP contribution in [0.5, 0.6) is 0 Å². The van der Waals surface area contributed by atoms with Gasteiger partial charge >= 0.3 is 5.69 Å². The summed E-state index contributed by atoms with van der Waals surface area (Å²) in [6.07, 6.45) is 0.414. The molecule has 38 heavy (non-hydrogen) atoms. The molecular weight excluding hydrogens is 511 g/mol. The molecule has 0 unspecified atom stereocenters. The van der Waals surface area contributed by atoms with Crippen LogP contribution < -0.4 is 16.6 Å². The minimum atomic E-state index is -0.770. The van der Waals surface area contributed by atoms with Gasteiger partial charge in [0.15, 0.2) is 5.78 Å². The monoisotopic (exact) mass is 534 g/mol. The number of nitrogens with one attached hydrogen (secondary N) is 1. The maximum atomic E-state index is 14.1. The molecule has 2 aromatic carbocycles. The lowest BCUT2D eigenvalue weighted by atomic mass is 10.1. The van der Waals surface area contributed by atoms with Crippen molar-refractivity contribution >= 4 is 44.8 Å². The number of anilines is 1. The van der Waals surface area contributed by atoms with Crippen LogP contribution in [-0.4, -0.2) is 38.2 Å². The lowest BCUT2D eigenvalue weighted by Gasteiger charge is -2.25. The molecule has 3 heterocycles. The van der Waals surface area contributed by atoms with Gasteiger partial charge in [-0.05, 0) is 43.2 Å². The maximum absolute atomic E-state index is 14.1. The second-order valence-corrected chi connectivity index (χ2v) is 10.1. The SMILES string of the molecule is CC(=O)c1cccc(-n2c(=O)c3c4c(sc3n(CC(=O)Nc3ccccc3F)c2=O)CN(C(C)=O)CC4)c1. The first-order chi connectivity index (χ1) is 18.2. The molecule has 0 saturated heterocycles. The highest BCUT2D eigenvalue weighted by Gasteiger charge is 2.28. The molecule has 0 fully saturated rings. The number of hydrogen-bond acceptors (Lipinski definition) is 6. The van der Waals surface area contributed by atoms with Crippen molar-refractivity contribution in [3.63, 3.8) is 0 Å². The third kappa shape index (κ3) is 4.45. The van der Waals surface area contributed by atoms with Crippen LogP contribution in [0.25, 0.3) is 15.9 Å². The first-order valence-electron chi connectivity index (χ1n) is 11.9. The van der Waals surface area contributed by atoms with Crippen molar-refractivity contribution in [1.82, 2.24) is 14.0 Å². The van der Waals surface area contributed by atoms with Crippen LogP contribution in [-0.2, 0) is 29.1 Å². The van der Waals surface area contributed by atoms with E-state index in [9.17, 15) is 28.4 Å². The van der Waals surface area contributed by atoms with E-state index in [1.54, 1.807) is 29.2 Å². The predicted octanol–water partition coefficient (Wildman–Crippen LogP) is 3.10. The zero-order chi connectivity index (χ0) is 27.1. The number of nitrogens with zero attached hydrogens (tertiary/aromatic N) is 3. The number of amides is 2. The predicted molar refractivity (Wildman–Crippen MR) is 142 cm³/mol. The Morgan fingerprint density at radius 1 is 1.05 bits per heavy atom. The van der Waals surface area contributed by atoms with E-state index in [0.29, 0.717) is 35.3 Å². The summed E-state index contributed by atoms with van der Waals surface area (Å²) < 4.78 is 16.3. The molecule has 5 rings (SSSR count). The van der Waals surface area contributed by atoms with Gasteiger partial charge < -0.3 is 10.2 Å². The standard InChI is InChI=1S/C27H23FN4O5S/c1-15(33)17-6-5-7-18(12-17)32-25(36)24-19-10-11-30(16(2)34)13-22(19)38-26(24)31(27(32)37)14-23(35)29-21-9-4-3-8-20(21)28/h3-9,12H,10-11,13-14H2,1-2H3,(H,29,35). The van der Waals surface area contributed by atoms with Crippen molar-refractivity contribution in [2.75, 3.05) is 11.9 Å². The number of para-hydroxylation sites is 1. The topological polar surface area (TPSA) is 110 Å². The second-order valence-electron chi connectivity index (χ2n) is 9.02. The smallest absolute Gasteiger partial charge is 0.337 e. The Kier molecular flexibility index (Phi) is 6.53. The van der Waals surface area contributed by atoms with E-state index >= 15 is 0 Å². The number of halogens is 1. The van der Waals surface area contributed by atoms with Crippen LogP contribution >= 0.6 is 11.3 Å². The van der Waals surface area contributed by atoms with Crippen LogP contribution in [0.3, 0.4) is 0 Å². The molecule has 0 radical (unpaired) electrons. The molecule has 194 valence electrons. The van der Waals surface area contributed by atoms with Gasteiger partial charge in [0.1, 0.15) is 17.2 Å². The lowest BCUT2D eigenvalue weighted by molar-refractivity contribution is -0.129. The highest BCUT2D eigenvalue weighted by Crippen LogP contribution is 2.33. The molecule has 1 aliphatic rings. The summed E-state index contributed by atoms with van der Waals surface area (Å²) >= 11 is 1.19. The van der Waals surface area contributed by atoms with Crippen LogP contribution in [0.1, 0.15) is 34.6 Å². The average molecular weight is 535 g/mol. The number of carbonyl (C=O) groups is 3. The summed E-state index contributed by atoms with van der Waals surface area (Å²) in [5.41, 5.74) is -0.126. The number of carbonyl (C=O) groups excluding carboxylic acids is 3. The number of fused-ring (bicyclic) bond motifs is 3. The van der Waals surface area contributed by atoms with Gasteiger partial charge in [0.05, 0.1) is 23.3 Å². The molecule has 0 aliphatic carbocycles. The van der Waals surface area contributed by atoms with Gasteiger partial charge in [-0.15, -0.1) is 11.3 Å². The molecule has 0 saturated carbocycles. The first-order valence-corrected chi connectivity index (χ1v) is 12.7. The van der Waals surface area contributed by atoms with Crippen LogP contribution in [0.15, 0.2) is 58.1 Å². The van der Waals surface area contributed by atoms with Crippen LogP contribution in [0.4, 0.5) is 10.1 Å². The second kappa shape index (κ2) is 9.82. The van der Waals surface area contributed by atoms with Gasteiger partial charge in [-0.2, -0.15) is 0 Å². The summed E-state index contributed by atoms with van der Waals surface area (Å²) in [5, 5.41) is 2.77. The summed E-state index contributed by atoms with van der Waals surface area (Å²) in [7, 11) is 0. The highest BCUT2D eigenvalue weighted by atomic mass is 32.1. The van der Waals surface area contributed by atoms with Crippen molar-refractivity contribution in [3.05, 3.63) is 91.2 Å². The van der Waals surface area contributed by atoms with Gasteiger partial charge in [0.2, 0.25) is 11.8 Å². The molecule has 11 heteroatoms. The summed E-state index contributed by atoms with van der Waals surface area (Å²) in [4.78, 5) is 67.2. The van der Waals surface area contributed by atoms with E-state index in [1.807, 2.05) is 0 Å². The molecule has 2 aromatic heterocycles. The van der Waals surface area contributed by atoms with Gasteiger partial charge in [-0.1, -0.05) is 24.3 Å². The quantitative estimate of drug-likeness (QED) is 0.396. The fraction of sp³-hybridized carbons (Fsp3) is 0.222. The van der Waals surface area contributed by atoms with Crippen molar-refractivity contribution in [2.24, 2.45) is 0 Å². The zero-order valence-electron chi connectivity index (χ0n) is 20.6. The van der Waals surface area contributed by atoms with Crippen molar-refractivity contribution in [2.45, 2.75) is 33.4 Å². The van der Waals surface area contributed by atoms with Gasteiger partial charge in [-0.3, -0.25) is 23.7 Å². The molecule has 0 atom stereocenters. The number of Topliss-reactive ketones (excluding diaryl/α,β-unsaturated/α-hetero) is 1. The Balaban J connectivity index is 1.70. The number of aromatic nitrogens is 2. The third-order valence-corrected chi connectivity index (χ3v) is 7.77. The molecule has 9 nitrogen and oxygen atoms in total. The van der Waals surface area contributed by atoms with Gasteiger partial charge in [-0.25, -0.2) is 13.8 Å². The molecule has 0 spiro atoms. The minimum Gasteiger partial charge on any atom is -0.337 e. The minimum absolute atomic E-state index is 0.0353. The number of benzene rings is 2. The molecule has 1 N–H and O–H groups in total. The molecular formula is C27H23FN4O5S. The Bertz CT molecular complexity index is 1750. The van der Waals surface area contributed by atoms with E-state index in [0.717, 1.165) is 15.0 Å². The van der Waals surface area contributed by atoms with E-state index in [4.69, 9.17) is 0 Å². The first kappa shape index (κ1) is 25.3. The van der Waals surface area contributed by atoms with Crippen molar-refractivity contribution in [1.29, 1.82) is 0 Å². The number of ketones is 1. The Morgan fingerprint density at radius 3 is 2.53 bits per heavy atom. The van der Waals surface area contributed by atoms with Crippen molar-refractivity contribution in [3.8, 4) is 5.69 Å². The van der Waals surface area contributed by atoms with E-state index < -0.39 is 29.5 Å². The summed E-state index contributed by atoms with van der Waals surface area (Å²) in [6, 6.07) is 11.8. The summed E-state index contributed by atoms with van der Waals surface area (Å²) in [5.74, 6) is -1.62. The van der Waals surface area contributed by atoms with E-state index in [1.165, 1.54) is 54.0 Å². The zero-order valence-corrected chi connectivity index (χ0v) is 21.4. The van der Waals surface area contributed by atoms with Gasteiger partial charge in [0.25, 0.3) is 5.56 Å². The van der Waals surface area contributed by atoms with E-state index in [2.05, 4.69) is 5.32 Å². The number of rotatable bonds is 5. The Labute approximate surface area is 219 Å².